The average Bonchev–Trinajstić information content (AvgIpc) is 3.22. The second-order valence-corrected chi connectivity index (χ2v) is 5.78. The molecule has 2 heteroatoms. The maximum absolute atomic E-state index is 7.23. The summed E-state index contributed by atoms with van der Waals surface area (Å²) >= 11 is 3.23. The predicted octanol–water partition coefficient (Wildman–Crippen LogP) is 5.11. The first-order chi connectivity index (χ1) is 10.8. The van der Waals surface area contributed by atoms with Gasteiger partial charge in [-0.2, -0.15) is 22.7 Å². The van der Waals surface area contributed by atoms with Gasteiger partial charge in [0.05, 0.1) is 0 Å². The molecule has 0 amide bonds. The highest BCUT2D eigenvalue weighted by molar-refractivity contribution is 7.08. The molecule has 94 valence electrons. The van der Waals surface area contributed by atoms with Crippen LogP contribution in [0.25, 0.3) is 22.3 Å². The van der Waals surface area contributed by atoms with Gasteiger partial charge < -0.3 is 0 Å². The lowest BCUT2D eigenvalue weighted by Crippen LogP contribution is -1.90. The molecule has 3 rings (SSSR count). The first kappa shape index (κ1) is 10.5. The van der Waals surface area contributed by atoms with Crippen molar-refractivity contribution in [3.05, 3.63) is 56.9 Å². The Labute approximate surface area is 129 Å². The van der Waals surface area contributed by atoms with Crippen LogP contribution in [-0.2, 0) is 0 Å². The molecule has 1 aromatic carbocycles. The molecule has 0 saturated heterocycles. The minimum absolute atomic E-state index is 0.810. The zero-order chi connectivity index (χ0) is 15.4. The predicted molar refractivity (Wildman–Crippen MR) is 88.9 cm³/mol. The summed E-state index contributed by atoms with van der Waals surface area (Å²) in [6, 6.07) is 7.99. The summed E-state index contributed by atoms with van der Waals surface area (Å²) in [6.07, 6.45) is 4.49. The highest BCUT2D eigenvalue weighted by atomic mass is 32.1. The van der Waals surface area contributed by atoms with Crippen LogP contribution in [0, 0.1) is 24.6 Å². The van der Waals surface area contributed by atoms with Crippen LogP contribution < -0.4 is 0 Å². The van der Waals surface area contributed by atoms with E-state index in [1.807, 2.05) is 45.8 Å². The van der Waals surface area contributed by atoms with Crippen molar-refractivity contribution in [3.8, 4) is 46.9 Å². The van der Waals surface area contributed by atoms with Gasteiger partial charge in [0, 0.05) is 11.1 Å². The van der Waals surface area contributed by atoms with E-state index in [1.54, 1.807) is 22.7 Å². The lowest BCUT2D eigenvalue weighted by molar-refractivity contribution is 1.57. The van der Waals surface area contributed by atoms with Gasteiger partial charge in [-0.1, -0.05) is 11.8 Å². The van der Waals surface area contributed by atoms with Crippen LogP contribution in [0.4, 0.5) is 0 Å². The Morgan fingerprint density at radius 3 is 1.70 bits per heavy atom. The van der Waals surface area contributed by atoms with E-state index in [1.165, 1.54) is 0 Å². The standard InChI is InChI=1S/C18H10S2/c1-3-13-9-18(16-6-8-20-12-16)14(4-2)10-17(13)15-5-7-19-11-15/h1-2,5-12H/i1D,2D. The molecular weight excluding hydrogens is 280 g/mol. The number of benzene rings is 1. The van der Waals surface area contributed by atoms with Crippen molar-refractivity contribution in [2.45, 2.75) is 0 Å². The van der Waals surface area contributed by atoms with Crippen LogP contribution in [0.1, 0.15) is 13.9 Å². The first-order valence-corrected chi connectivity index (χ1v) is 7.80. The van der Waals surface area contributed by atoms with Gasteiger partial charge in [0.15, 0.2) is 0 Å². The molecule has 3 aromatic rings. The number of thiophene rings is 2. The molecule has 0 saturated carbocycles. The third-order valence-electron chi connectivity index (χ3n) is 3.09. The molecule has 0 spiro atoms. The molecule has 0 unspecified atom stereocenters. The Morgan fingerprint density at radius 1 is 0.850 bits per heavy atom. The van der Waals surface area contributed by atoms with Crippen LogP contribution in [0.5, 0.6) is 0 Å². The van der Waals surface area contributed by atoms with Crippen molar-refractivity contribution in [3.63, 3.8) is 0 Å². The quantitative estimate of drug-likeness (QED) is 0.576. The molecule has 2 aromatic heterocycles. The Balaban J connectivity index is 2.29. The fourth-order valence-corrected chi connectivity index (χ4v) is 3.43. The molecule has 0 aliphatic rings. The van der Waals surface area contributed by atoms with Crippen LogP contribution in [0.15, 0.2) is 45.8 Å². The van der Waals surface area contributed by atoms with E-state index in [0.29, 0.717) is 0 Å². The van der Waals surface area contributed by atoms with Crippen molar-refractivity contribution < 1.29 is 2.74 Å². The van der Waals surface area contributed by atoms with Crippen molar-refractivity contribution in [1.29, 1.82) is 0 Å². The fourth-order valence-electron chi connectivity index (χ4n) is 2.12. The number of rotatable bonds is 2. The van der Waals surface area contributed by atoms with E-state index in [9.17, 15) is 0 Å². The van der Waals surface area contributed by atoms with E-state index in [0.717, 1.165) is 33.4 Å². The summed E-state index contributed by atoms with van der Waals surface area (Å²) in [5.41, 5.74) is 5.66. The van der Waals surface area contributed by atoms with Crippen LogP contribution in [-0.4, -0.2) is 0 Å². The van der Waals surface area contributed by atoms with Crippen LogP contribution >= 0.6 is 22.7 Å². The Bertz CT molecular complexity index is 822. The molecule has 0 aliphatic carbocycles. The number of terminal acetylenes is 2. The summed E-state index contributed by atoms with van der Waals surface area (Å²) in [5.74, 6) is 5.73. The summed E-state index contributed by atoms with van der Waals surface area (Å²) in [6.45, 7) is 0. The SMILES string of the molecule is [2H]C#Cc1cc(-c2ccsc2)c(C#C[2H])cc1-c1ccsc1. The molecule has 0 atom stereocenters. The normalized spacial score (nSPS) is 10.6. The average molecular weight is 292 g/mol. The molecule has 0 fully saturated rings. The Hall–Kier alpha value is -2.26. The van der Waals surface area contributed by atoms with Gasteiger partial charge in [0.2, 0.25) is 0 Å². The second kappa shape index (κ2) is 5.39. The zero-order valence-corrected chi connectivity index (χ0v) is 12.1. The largest absolute Gasteiger partial charge is 0.152 e. The lowest BCUT2D eigenvalue weighted by atomic mass is 9.93. The Morgan fingerprint density at radius 2 is 1.35 bits per heavy atom. The fraction of sp³-hybridized carbons (Fsp3) is 0. The summed E-state index contributed by atoms with van der Waals surface area (Å²) in [7, 11) is 0. The minimum Gasteiger partial charge on any atom is -0.152 e. The molecule has 0 aliphatic heterocycles. The summed E-state index contributed by atoms with van der Waals surface area (Å²) in [5, 5.41) is 8.12. The highest BCUT2D eigenvalue weighted by Crippen LogP contribution is 2.33. The number of hydrogen-bond donors (Lipinski definition) is 0. The molecule has 20 heavy (non-hydrogen) atoms. The first-order valence-electron chi connectivity index (χ1n) is 6.92. The third-order valence-corrected chi connectivity index (χ3v) is 4.46. The molecular formula is C18H10S2. The summed E-state index contributed by atoms with van der Waals surface area (Å²) in [4.78, 5) is 0. The van der Waals surface area contributed by atoms with Crippen molar-refractivity contribution in [2.75, 3.05) is 0 Å². The van der Waals surface area contributed by atoms with Gasteiger partial charge in [-0.05, 0) is 68.0 Å². The molecule has 0 radical (unpaired) electrons. The monoisotopic (exact) mass is 292 g/mol. The van der Waals surface area contributed by atoms with Gasteiger partial charge in [-0.15, -0.1) is 12.8 Å². The zero-order valence-electron chi connectivity index (χ0n) is 12.4. The maximum atomic E-state index is 7.23. The van der Waals surface area contributed by atoms with Gasteiger partial charge in [-0.3, -0.25) is 0 Å². The van der Waals surface area contributed by atoms with E-state index >= 15 is 0 Å². The summed E-state index contributed by atoms with van der Waals surface area (Å²) < 4.78 is 14.5. The second-order valence-electron chi connectivity index (χ2n) is 4.22. The molecule has 2 heterocycles. The lowest BCUT2D eigenvalue weighted by Gasteiger charge is -2.09. The van der Waals surface area contributed by atoms with Crippen molar-refractivity contribution in [2.24, 2.45) is 0 Å². The van der Waals surface area contributed by atoms with Gasteiger partial charge in [-0.25, -0.2) is 0 Å². The third kappa shape index (κ3) is 2.17. The van der Waals surface area contributed by atoms with Crippen LogP contribution in [0.2, 0.25) is 0 Å². The smallest absolute Gasteiger partial charge is 0.124 e. The Kier molecular flexibility index (Phi) is 2.83. The van der Waals surface area contributed by atoms with E-state index in [4.69, 9.17) is 2.74 Å². The van der Waals surface area contributed by atoms with E-state index in [-0.39, 0.29) is 0 Å². The van der Waals surface area contributed by atoms with E-state index in [2.05, 4.69) is 24.6 Å². The molecule has 0 N–H and O–H groups in total. The van der Waals surface area contributed by atoms with Gasteiger partial charge in [0.25, 0.3) is 0 Å². The maximum Gasteiger partial charge on any atom is 0.124 e. The highest BCUT2D eigenvalue weighted by Gasteiger charge is 2.11. The van der Waals surface area contributed by atoms with Gasteiger partial charge in [0.1, 0.15) is 2.74 Å². The van der Waals surface area contributed by atoms with Crippen molar-refractivity contribution in [1.82, 2.24) is 0 Å². The minimum atomic E-state index is 0.810. The number of hydrogen-bond acceptors (Lipinski definition) is 2. The van der Waals surface area contributed by atoms with E-state index < -0.39 is 0 Å². The van der Waals surface area contributed by atoms with Crippen molar-refractivity contribution >= 4 is 22.7 Å². The topological polar surface area (TPSA) is 0 Å². The van der Waals surface area contributed by atoms with Gasteiger partial charge >= 0.3 is 0 Å². The van der Waals surface area contributed by atoms with Crippen LogP contribution in [0.3, 0.4) is 0 Å². The molecule has 0 nitrogen and oxygen atoms in total. The molecule has 0 bridgehead atoms.